The first-order valence-corrected chi connectivity index (χ1v) is 7.37. The quantitative estimate of drug-likeness (QED) is 0.817. The van der Waals surface area contributed by atoms with Crippen molar-refractivity contribution in [1.82, 2.24) is 5.06 Å². The van der Waals surface area contributed by atoms with E-state index >= 15 is 0 Å². The average molecular weight is 259 g/mol. The number of hydrogen-bond donors (Lipinski definition) is 0. The predicted molar refractivity (Wildman–Crippen MR) is 73.7 cm³/mol. The van der Waals surface area contributed by atoms with Gasteiger partial charge in [-0.3, -0.25) is 9.63 Å². The monoisotopic (exact) mass is 259 g/mol. The molecule has 1 aliphatic heterocycles. The summed E-state index contributed by atoms with van der Waals surface area (Å²) in [5.74, 6) is 0.0930. The minimum Gasteiger partial charge on any atom is -0.272 e. The van der Waals surface area contributed by atoms with Crippen LogP contribution in [0, 0.1) is 0 Å². The van der Waals surface area contributed by atoms with Crippen molar-refractivity contribution >= 4 is 5.91 Å². The van der Waals surface area contributed by atoms with Gasteiger partial charge in [-0.2, -0.15) is 0 Å². The van der Waals surface area contributed by atoms with Gasteiger partial charge in [0.05, 0.1) is 13.0 Å². The summed E-state index contributed by atoms with van der Waals surface area (Å²) in [4.78, 5) is 17.5. The highest BCUT2D eigenvalue weighted by Crippen LogP contribution is 2.22. The Morgan fingerprint density at radius 2 is 1.95 bits per heavy atom. The molecular weight excluding hydrogens is 238 g/mol. The van der Waals surface area contributed by atoms with E-state index in [0.717, 1.165) is 31.4 Å². The van der Waals surface area contributed by atoms with Gasteiger partial charge >= 0.3 is 0 Å². The fourth-order valence-electron chi connectivity index (χ4n) is 2.95. The van der Waals surface area contributed by atoms with Crippen LogP contribution in [0.1, 0.15) is 42.4 Å². The fourth-order valence-corrected chi connectivity index (χ4v) is 2.95. The number of carbonyl (C=O) groups is 1. The van der Waals surface area contributed by atoms with Gasteiger partial charge in [-0.25, -0.2) is 5.06 Å². The normalized spacial score (nSPS) is 19.1. The van der Waals surface area contributed by atoms with Crippen LogP contribution in [-0.4, -0.2) is 24.1 Å². The molecule has 0 N–H and O–H groups in total. The van der Waals surface area contributed by atoms with Gasteiger partial charge in [0, 0.05) is 6.54 Å². The van der Waals surface area contributed by atoms with Crippen LogP contribution in [0.2, 0.25) is 0 Å². The largest absolute Gasteiger partial charge is 0.272 e. The van der Waals surface area contributed by atoms with Gasteiger partial charge in [0.2, 0.25) is 0 Å². The smallest absolute Gasteiger partial charge is 0.250 e. The second-order valence-electron chi connectivity index (χ2n) is 5.52. The third-order valence-corrected chi connectivity index (χ3v) is 4.05. The average Bonchev–Trinajstić information content (AvgIpc) is 2.48. The van der Waals surface area contributed by atoms with Gasteiger partial charge in [-0.05, 0) is 55.2 Å². The zero-order valence-corrected chi connectivity index (χ0v) is 11.4. The lowest BCUT2D eigenvalue weighted by Crippen LogP contribution is -2.36. The summed E-state index contributed by atoms with van der Waals surface area (Å²) >= 11 is 0. The molecule has 0 saturated carbocycles. The molecule has 0 unspecified atom stereocenters. The van der Waals surface area contributed by atoms with Crippen LogP contribution in [0.25, 0.3) is 0 Å². The molecule has 1 saturated heterocycles. The molecule has 19 heavy (non-hydrogen) atoms. The highest BCUT2D eigenvalue weighted by Gasteiger charge is 2.18. The van der Waals surface area contributed by atoms with Crippen molar-refractivity contribution in [3.8, 4) is 0 Å². The second kappa shape index (κ2) is 5.74. The van der Waals surface area contributed by atoms with Crippen LogP contribution >= 0.6 is 0 Å². The van der Waals surface area contributed by atoms with Crippen LogP contribution < -0.4 is 0 Å². The van der Waals surface area contributed by atoms with E-state index < -0.39 is 0 Å². The molecule has 1 aromatic rings. The zero-order chi connectivity index (χ0) is 13.1. The summed E-state index contributed by atoms with van der Waals surface area (Å²) in [6, 6.07) is 6.52. The second-order valence-corrected chi connectivity index (χ2v) is 5.52. The number of rotatable bonds is 2. The molecule has 3 nitrogen and oxygen atoms in total. The Kier molecular flexibility index (Phi) is 3.83. The Hall–Kier alpha value is -1.35. The van der Waals surface area contributed by atoms with Gasteiger partial charge in [-0.15, -0.1) is 0 Å². The Bertz CT molecular complexity index is 464. The summed E-state index contributed by atoms with van der Waals surface area (Å²) in [6.07, 6.45) is 7.51. The molecule has 2 aliphatic rings. The summed E-state index contributed by atoms with van der Waals surface area (Å²) < 4.78 is 0. The third-order valence-electron chi connectivity index (χ3n) is 4.05. The molecule has 1 aromatic carbocycles. The SMILES string of the molecule is O=C(Cc1ccc2c(c1)CCCC2)N1CCCCO1. The molecule has 0 atom stereocenters. The lowest BCUT2D eigenvalue weighted by molar-refractivity contribution is -0.196. The van der Waals surface area contributed by atoms with E-state index in [2.05, 4.69) is 18.2 Å². The van der Waals surface area contributed by atoms with Crippen LogP contribution in [0.3, 0.4) is 0 Å². The summed E-state index contributed by atoms with van der Waals surface area (Å²) in [6.45, 7) is 1.42. The van der Waals surface area contributed by atoms with Crippen molar-refractivity contribution in [1.29, 1.82) is 0 Å². The summed E-state index contributed by atoms with van der Waals surface area (Å²) in [7, 11) is 0. The van der Waals surface area contributed by atoms with E-state index in [9.17, 15) is 4.79 Å². The molecule has 1 fully saturated rings. The highest BCUT2D eigenvalue weighted by atomic mass is 16.7. The van der Waals surface area contributed by atoms with Gasteiger partial charge in [-0.1, -0.05) is 18.2 Å². The molecule has 0 aromatic heterocycles. The molecular formula is C16H21NO2. The molecule has 102 valence electrons. The minimum atomic E-state index is 0.0930. The fraction of sp³-hybridized carbons (Fsp3) is 0.562. The molecule has 0 spiro atoms. The van der Waals surface area contributed by atoms with E-state index in [1.54, 1.807) is 5.06 Å². The Balaban J connectivity index is 1.67. The van der Waals surface area contributed by atoms with Crippen LogP contribution in [0.15, 0.2) is 18.2 Å². The highest BCUT2D eigenvalue weighted by molar-refractivity contribution is 5.77. The van der Waals surface area contributed by atoms with E-state index in [1.165, 1.54) is 30.4 Å². The molecule has 1 amide bonds. The van der Waals surface area contributed by atoms with E-state index in [0.29, 0.717) is 13.0 Å². The number of hydroxylamine groups is 2. The van der Waals surface area contributed by atoms with Crippen LogP contribution in [0.4, 0.5) is 0 Å². The first-order chi connectivity index (χ1) is 9.33. The number of aryl methyl sites for hydroxylation is 2. The first kappa shape index (κ1) is 12.7. The minimum absolute atomic E-state index is 0.0930. The lowest BCUT2D eigenvalue weighted by atomic mass is 9.90. The molecule has 1 heterocycles. The van der Waals surface area contributed by atoms with Crippen molar-refractivity contribution in [3.63, 3.8) is 0 Å². The number of hydrogen-bond acceptors (Lipinski definition) is 2. The molecule has 3 heteroatoms. The van der Waals surface area contributed by atoms with E-state index in [4.69, 9.17) is 4.84 Å². The van der Waals surface area contributed by atoms with Crippen molar-refractivity contribution < 1.29 is 9.63 Å². The Morgan fingerprint density at radius 1 is 1.11 bits per heavy atom. The van der Waals surface area contributed by atoms with Crippen molar-refractivity contribution in [3.05, 3.63) is 34.9 Å². The third kappa shape index (κ3) is 2.98. The zero-order valence-electron chi connectivity index (χ0n) is 11.4. The Morgan fingerprint density at radius 3 is 2.74 bits per heavy atom. The maximum atomic E-state index is 12.1. The van der Waals surface area contributed by atoms with Gasteiger partial charge in [0.25, 0.3) is 5.91 Å². The van der Waals surface area contributed by atoms with Crippen molar-refractivity contribution in [2.45, 2.75) is 44.9 Å². The number of benzene rings is 1. The molecule has 0 bridgehead atoms. The van der Waals surface area contributed by atoms with Gasteiger partial charge in [0.1, 0.15) is 0 Å². The predicted octanol–water partition coefficient (Wildman–Crippen LogP) is 2.66. The van der Waals surface area contributed by atoms with Crippen LogP contribution in [-0.2, 0) is 28.9 Å². The number of carbonyl (C=O) groups excluding carboxylic acids is 1. The maximum absolute atomic E-state index is 12.1. The van der Waals surface area contributed by atoms with Gasteiger partial charge in [0.15, 0.2) is 0 Å². The number of fused-ring (bicyclic) bond motifs is 1. The summed E-state index contributed by atoms with van der Waals surface area (Å²) in [5, 5.41) is 1.54. The van der Waals surface area contributed by atoms with E-state index in [1.807, 2.05) is 0 Å². The number of amides is 1. The molecule has 0 radical (unpaired) electrons. The van der Waals surface area contributed by atoms with Gasteiger partial charge < -0.3 is 0 Å². The lowest BCUT2D eigenvalue weighted by Gasteiger charge is -2.26. The maximum Gasteiger partial charge on any atom is 0.250 e. The topological polar surface area (TPSA) is 29.5 Å². The van der Waals surface area contributed by atoms with Crippen molar-refractivity contribution in [2.75, 3.05) is 13.2 Å². The standard InChI is InChI=1S/C16H21NO2/c18-16(17-9-3-4-10-19-17)12-13-7-8-14-5-1-2-6-15(14)11-13/h7-8,11H,1-6,9-10,12H2. The molecule has 3 rings (SSSR count). The summed E-state index contributed by atoms with van der Waals surface area (Å²) in [5.41, 5.74) is 4.03. The molecule has 1 aliphatic carbocycles. The van der Waals surface area contributed by atoms with E-state index in [-0.39, 0.29) is 5.91 Å². The Labute approximate surface area is 114 Å². The van der Waals surface area contributed by atoms with Crippen LogP contribution in [0.5, 0.6) is 0 Å². The van der Waals surface area contributed by atoms with Crippen molar-refractivity contribution in [2.24, 2.45) is 0 Å². The first-order valence-electron chi connectivity index (χ1n) is 7.37. The number of nitrogens with zero attached hydrogens (tertiary/aromatic N) is 1.